The summed E-state index contributed by atoms with van der Waals surface area (Å²) in [4.78, 5) is 27.4. The minimum absolute atomic E-state index is 0.239. The lowest BCUT2D eigenvalue weighted by Gasteiger charge is -2.13. The summed E-state index contributed by atoms with van der Waals surface area (Å²) >= 11 is 0.957. The molecule has 0 saturated carbocycles. The number of amides is 2. The molecule has 4 aromatic carbocycles. The summed E-state index contributed by atoms with van der Waals surface area (Å²) in [5.74, 6) is 0.931. The first-order chi connectivity index (χ1) is 17.6. The molecule has 6 heteroatoms. The van der Waals surface area contributed by atoms with Gasteiger partial charge in [0, 0.05) is 0 Å². The van der Waals surface area contributed by atoms with Crippen LogP contribution in [0, 0.1) is 0 Å². The van der Waals surface area contributed by atoms with Gasteiger partial charge in [0.25, 0.3) is 11.1 Å². The Morgan fingerprint density at radius 3 is 2.36 bits per heavy atom. The van der Waals surface area contributed by atoms with Crippen molar-refractivity contribution < 1.29 is 19.1 Å². The van der Waals surface area contributed by atoms with Gasteiger partial charge in [0.15, 0.2) is 11.5 Å². The number of benzene rings is 4. The second-order valence-corrected chi connectivity index (χ2v) is 9.36. The fraction of sp³-hybridized carbons (Fsp3) is 0.133. The highest BCUT2D eigenvalue weighted by Gasteiger charge is 2.35. The van der Waals surface area contributed by atoms with Crippen LogP contribution < -0.4 is 9.47 Å². The Labute approximate surface area is 214 Å². The van der Waals surface area contributed by atoms with Crippen LogP contribution in [0.5, 0.6) is 11.5 Å². The van der Waals surface area contributed by atoms with Crippen molar-refractivity contribution in [1.29, 1.82) is 0 Å². The number of carbonyl (C=O) groups is 2. The van der Waals surface area contributed by atoms with Gasteiger partial charge < -0.3 is 9.47 Å². The summed E-state index contributed by atoms with van der Waals surface area (Å²) in [7, 11) is 0. The molecule has 1 saturated heterocycles. The molecule has 0 unspecified atom stereocenters. The summed E-state index contributed by atoms with van der Waals surface area (Å²) in [6.45, 7) is 3.05. The van der Waals surface area contributed by atoms with E-state index < -0.39 is 0 Å². The topological polar surface area (TPSA) is 55.8 Å². The second kappa shape index (κ2) is 10.7. The van der Waals surface area contributed by atoms with E-state index in [4.69, 9.17) is 9.47 Å². The Bertz CT molecular complexity index is 1450. The molecule has 180 valence electrons. The van der Waals surface area contributed by atoms with E-state index in [2.05, 4.69) is 0 Å². The van der Waals surface area contributed by atoms with Gasteiger partial charge in [-0.1, -0.05) is 72.8 Å². The largest absolute Gasteiger partial charge is 0.490 e. The first kappa shape index (κ1) is 23.7. The van der Waals surface area contributed by atoms with Gasteiger partial charge in [-0.25, -0.2) is 0 Å². The Hall–Kier alpha value is -4.03. The van der Waals surface area contributed by atoms with E-state index in [-0.39, 0.29) is 17.7 Å². The van der Waals surface area contributed by atoms with Crippen molar-refractivity contribution in [2.45, 2.75) is 20.1 Å². The normalized spacial score (nSPS) is 14.6. The Balaban J connectivity index is 1.32. The summed E-state index contributed by atoms with van der Waals surface area (Å²) < 4.78 is 11.8. The van der Waals surface area contributed by atoms with Crippen LogP contribution in [0.3, 0.4) is 0 Å². The maximum Gasteiger partial charge on any atom is 0.293 e. The molecule has 1 heterocycles. The summed E-state index contributed by atoms with van der Waals surface area (Å²) in [5.41, 5.74) is 2.74. The van der Waals surface area contributed by atoms with Crippen LogP contribution >= 0.6 is 11.8 Å². The molecule has 0 aliphatic carbocycles. The number of carbonyl (C=O) groups excluding carboxylic acids is 2. The van der Waals surface area contributed by atoms with E-state index in [0.717, 1.165) is 39.2 Å². The van der Waals surface area contributed by atoms with Crippen molar-refractivity contribution in [3.05, 3.63) is 113 Å². The molecule has 0 aromatic heterocycles. The van der Waals surface area contributed by atoms with E-state index in [9.17, 15) is 9.59 Å². The Morgan fingerprint density at radius 2 is 1.56 bits per heavy atom. The highest BCUT2D eigenvalue weighted by molar-refractivity contribution is 8.18. The minimum atomic E-state index is -0.291. The summed E-state index contributed by atoms with van der Waals surface area (Å²) in [6, 6.07) is 29.5. The number of ether oxygens (including phenoxy) is 2. The van der Waals surface area contributed by atoms with Crippen LogP contribution in [0.4, 0.5) is 4.79 Å². The molecule has 0 radical (unpaired) electrons. The van der Waals surface area contributed by atoms with Gasteiger partial charge in [-0.05, 0) is 70.4 Å². The lowest BCUT2D eigenvalue weighted by molar-refractivity contribution is -0.123. The van der Waals surface area contributed by atoms with Crippen molar-refractivity contribution in [2.24, 2.45) is 0 Å². The van der Waals surface area contributed by atoms with Crippen LogP contribution in [0.2, 0.25) is 0 Å². The van der Waals surface area contributed by atoms with Crippen LogP contribution in [0.1, 0.15) is 23.6 Å². The Kier molecular flexibility index (Phi) is 7.05. The van der Waals surface area contributed by atoms with Gasteiger partial charge in [0.1, 0.15) is 6.61 Å². The molecule has 1 aliphatic rings. The van der Waals surface area contributed by atoms with Crippen LogP contribution in [-0.2, 0) is 17.9 Å². The van der Waals surface area contributed by atoms with Gasteiger partial charge in [-0.3, -0.25) is 14.5 Å². The molecule has 0 spiro atoms. The van der Waals surface area contributed by atoms with Crippen LogP contribution in [0.15, 0.2) is 95.9 Å². The van der Waals surface area contributed by atoms with E-state index in [1.165, 1.54) is 4.90 Å². The molecule has 0 bridgehead atoms. The van der Waals surface area contributed by atoms with E-state index in [1.54, 1.807) is 6.08 Å². The number of imide groups is 1. The van der Waals surface area contributed by atoms with E-state index in [1.807, 2.05) is 97.9 Å². The molecule has 1 aliphatic heterocycles. The van der Waals surface area contributed by atoms with E-state index in [0.29, 0.717) is 29.6 Å². The van der Waals surface area contributed by atoms with Crippen LogP contribution in [0.25, 0.3) is 16.8 Å². The predicted molar refractivity (Wildman–Crippen MR) is 144 cm³/mol. The first-order valence-electron chi connectivity index (χ1n) is 11.8. The molecule has 0 N–H and O–H groups in total. The zero-order chi connectivity index (χ0) is 24.9. The summed E-state index contributed by atoms with van der Waals surface area (Å²) in [6.07, 6.45) is 1.73. The fourth-order valence-corrected chi connectivity index (χ4v) is 4.88. The minimum Gasteiger partial charge on any atom is -0.490 e. The Morgan fingerprint density at radius 1 is 0.778 bits per heavy atom. The lowest BCUT2D eigenvalue weighted by Crippen LogP contribution is -2.27. The number of thioether (sulfide) groups is 1. The van der Waals surface area contributed by atoms with Crippen molar-refractivity contribution in [3.63, 3.8) is 0 Å². The third-order valence-corrected chi connectivity index (χ3v) is 6.74. The number of fused-ring (bicyclic) bond motifs is 1. The van der Waals surface area contributed by atoms with Crippen molar-refractivity contribution in [3.8, 4) is 11.5 Å². The molecule has 4 aromatic rings. The average Bonchev–Trinajstić information content (AvgIpc) is 3.16. The highest BCUT2D eigenvalue weighted by atomic mass is 32.2. The zero-order valence-corrected chi connectivity index (χ0v) is 20.7. The van der Waals surface area contributed by atoms with Gasteiger partial charge in [-0.15, -0.1) is 0 Å². The number of rotatable bonds is 8. The SMILES string of the molecule is CCOc1cc(C=C2SC(=O)N(Cc3ccc4ccccc4c3)C2=O)ccc1OCc1ccccc1. The average molecular weight is 496 g/mol. The maximum atomic E-state index is 13.1. The predicted octanol–water partition coefficient (Wildman–Crippen LogP) is 7.05. The monoisotopic (exact) mass is 495 g/mol. The fourth-order valence-electron chi connectivity index (χ4n) is 4.04. The van der Waals surface area contributed by atoms with Crippen LogP contribution in [-0.4, -0.2) is 22.7 Å². The van der Waals surface area contributed by atoms with Crippen molar-refractivity contribution in [1.82, 2.24) is 4.90 Å². The molecular weight excluding hydrogens is 470 g/mol. The molecule has 0 atom stereocenters. The van der Waals surface area contributed by atoms with Gasteiger partial charge in [-0.2, -0.15) is 0 Å². The molecule has 5 nitrogen and oxygen atoms in total. The number of hydrogen-bond donors (Lipinski definition) is 0. The third kappa shape index (κ3) is 5.29. The van der Waals surface area contributed by atoms with Gasteiger partial charge in [0.2, 0.25) is 0 Å². The highest BCUT2D eigenvalue weighted by Crippen LogP contribution is 2.36. The molecule has 2 amide bonds. The quantitative estimate of drug-likeness (QED) is 0.245. The number of hydrogen-bond acceptors (Lipinski definition) is 5. The second-order valence-electron chi connectivity index (χ2n) is 8.36. The molecular formula is C30H25NO4S. The van der Waals surface area contributed by atoms with Gasteiger partial charge in [0.05, 0.1) is 18.1 Å². The standard InChI is InChI=1S/C30H25NO4S/c1-2-34-27-17-22(13-15-26(27)35-20-21-8-4-3-5-9-21)18-28-29(32)31(30(33)36-28)19-23-12-14-24-10-6-7-11-25(24)16-23/h3-18H,2,19-20H2,1H3. The number of nitrogens with zero attached hydrogens (tertiary/aromatic N) is 1. The maximum absolute atomic E-state index is 13.1. The molecule has 1 fully saturated rings. The lowest BCUT2D eigenvalue weighted by atomic mass is 10.1. The summed E-state index contributed by atoms with van der Waals surface area (Å²) in [5, 5.41) is 1.93. The molecule has 5 rings (SSSR count). The first-order valence-corrected chi connectivity index (χ1v) is 12.6. The smallest absolute Gasteiger partial charge is 0.293 e. The molecule has 36 heavy (non-hydrogen) atoms. The van der Waals surface area contributed by atoms with E-state index >= 15 is 0 Å². The van der Waals surface area contributed by atoms with Gasteiger partial charge >= 0.3 is 0 Å². The third-order valence-electron chi connectivity index (χ3n) is 5.83. The van der Waals surface area contributed by atoms with Crippen molar-refractivity contribution in [2.75, 3.05) is 6.61 Å². The zero-order valence-electron chi connectivity index (χ0n) is 19.8. The van der Waals surface area contributed by atoms with Crippen molar-refractivity contribution >= 4 is 39.8 Å².